The Morgan fingerprint density at radius 3 is 3.08 bits per heavy atom. The van der Waals surface area contributed by atoms with Crippen LogP contribution >= 0.6 is 12.2 Å². The first-order valence-corrected chi connectivity index (χ1v) is 4.43. The molecule has 1 rings (SSSR count). The van der Waals surface area contributed by atoms with Crippen molar-refractivity contribution in [2.45, 2.75) is 6.92 Å². The summed E-state index contributed by atoms with van der Waals surface area (Å²) >= 11 is 4.95. The zero-order valence-corrected chi connectivity index (χ0v) is 8.48. The van der Waals surface area contributed by atoms with Crippen LogP contribution in [0.5, 0.6) is 0 Å². The van der Waals surface area contributed by atoms with E-state index in [9.17, 15) is 4.79 Å². The summed E-state index contributed by atoms with van der Waals surface area (Å²) in [4.78, 5) is 13.0. The van der Waals surface area contributed by atoms with Gasteiger partial charge >= 0.3 is 5.97 Å². The van der Waals surface area contributed by atoms with Gasteiger partial charge in [0.1, 0.15) is 0 Å². The lowest BCUT2D eigenvalue weighted by Crippen LogP contribution is -2.41. The van der Waals surface area contributed by atoms with Gasteiger partial charge in [-0.2, -0.15) is 0 Å². The highest BCUT2D eigenvalue weighted by Crippen LogP contribution is 2.05. The van der Waals surface area contributed by atoms with Gasteiger partial charge in [-0.15, -0.1) is 0 Å². The van der Waals surface area contributed by atoms with Crippen LogP contribution in [-0.2, 0) is 9.53 Å². The Kier molecular flexibility index (Phi) is 3.25. The maximum absolute atomic E-state index is 11.2. The lowest BCUT2D eigenvalue weighted by Gasteiger charge is -2.25. The third-order valence-corrected chi connectivity index (χ3v) is 2.09. The number of thiocarbonyl (C=S) groups is 1. The topological polar surface area (TPSA) is 41.6 Å². The number of ether oxygens (including phenoxy) is 1. The molecule has 4 nitrogen and oxygen atoms in total. The first-order valence-electron chi connectivity index (χ1n) is 4.03. The first kappa shape index (κ1) is 9.98. The van der Waals surface area contributed by atoms with E-state index < -0.39 is 0 Å². The smallest absolute Gasteiger partial charge is 0.337 e. The van der Waals surface area contributed by atoms with Gasteiger partial charge in [-0.05, 0) is 19.1 Å². The van der Waals surface area contributed by atoms with Crippen LogP contribution in [0.25, 0.3) is 0 Å². The summed E-state index contributed by atoms with van der Waals surface area (Å²) in [5.41, 5.74) is 0.595. The van der Waals surface area contributed by atoms with Crippen molar-refractivity contribution < 1.29 is 9.53 Å². The third-order valence-electron chi connectivity index (χ3n) is 1.66. The maximum Gasteiger partial charge on any atom is 0.337 e. The fourth-order valence-corrected chi connectivity index (χ4v) is 1.10. The zero-order chi connectivity index (χ0) is 9.84. The summed E-state index contributed by atoms with van der Waals surface area (Å²) < 4.78 is 4.85. The molecule has 0 saturated heterocycles. The number of carbonyl (C=O) groups is 1. The Bertz CT molecular complexity index is 263. The SMILES string of the molecule is CCOC(=O)C1=CNC(=S)N(C)C1. The van der Waals surface area contributed by atoms with Gasteiger partial charge in [0.25, 0.3) is 0 Å². The Morgan fingerprint density at radius 2 is 2.54 bits per heavy atom. The van der Waals surface area contributed by atoms with Gasteiger partial charge in [0.15, 0.2) is 5.11 Å². The van der Waals surface area contributed by atoms with Gasteiger partial charge in [-0.3, -0.25) is 0 Å². The number of likely N-dealkylation sites (N-methyl/N-ethyl adjacent to an activating group) is 1. The minimum Gasteiger partial charge on any atom is -0.463 e. The van der Waals surface area contributed by atoms with Crippen molar-refractivity contribution in [2.24, 2.45) is 0 Å². The van der Waals surface area contributed by atoms with E-state index in [0.29, 0.717) is 23.8 Å². The molecule has 1 aliphatic rings. The van der Waals surface area contributed by atoms with Gasteiger partial charge in [-0.1, -0.05) is 0 Å². The Labute approximate surface area is 82.5 Å². The van der Waals surface area contributed by atoms with Crippen LogP contribution in [0, 0.1) is 0 Å². The van der Waals surface area contributed by atoms with E-state index in [4.69, 9.17) is 17.0 Å². The molecule has 0 fully saturated rings. The molecule has 0 saturated carbocycles. The monoisotopic (exact) mass is 200 g/mol. The number of nitrogens with one attached hydrogen (secondary N) is 1. The fraction of sp³-hybridized carbons (Fsp3) is 0.500. The van der Waals surface area contributed by atoms with Crippen molar-refractivity contribution in [1.82, 2.24) is 10.2 Å². The molecule has 1 heterocycles. The lowest BCUT2D eigenvalue weighted by molar-refractivity contribution is -0.138. The van der Waals surface area contributed by atoms with Crippen molar-refractivity contribution in [2.75, 3.05) is 20.2 Å². The second kappa shape index (κ2) is 4.23. The first-order chi connectivity index (χ1) is 6.15. The summed E-state index contributed by atoms with van der Waals surface area (Å²) in [6.07, 6.45) is 1.60. The van der Waals surface area contributed by atoms with E-state index in [1.807, 2.05) is 7.05 Å². The van der Waals surface area contributed by atoms with E-state index in [-0.39, 0.29) is 5.97 Å². The molecule has 72 valence electrons. The van der Waals surface area contributed by atoms with Gasteiger partial charge in [-0.25, -0.2) is 4.79 Å². The number of rotatable bonds is 2. The van der Waals surface area contributed by atoms with E-state index in [1.54, 1.807) is 18.0 Å². The van der Waals surface area contributed by atoms with Gasteiger partial charge in [0.2, 0.25) is 0 Å². The maximum atomic E-state index is 11.2. The molecule has 0 aliphatic carbocycles. The quantitative estimate of drug-likeness (QED) is 0.511. The summed E-state index contributed by atoms with van der Waals surface area (Å²) in [6, 6.07) is 0. The minimum absolute atomic E-state index is 0.288. The molecular weight excluding hydrogens is 188 g/mol. The fourth-order valence-electron chi connectivity index (χ4n) is 0.979. The van der Waals surface area contributed by atoms with Crippen LogP contribution in [-0.4, -0.2) is 36.2 Å². The lowest BCUT2D eigenvalue weighted by atomic mass is 10.2. The number of nitrogens with zero attached hydrogens (tertiary/aromatic N) is 1. The Morgan fingerprint density at radius 1 is 1.85 bits per heavy atom. The number of carbonyl (C=O) groups excluding carboxylic acids is 1. The highest BCUT2D eigenvalue weighted by Gasteiger charge is 2.18. The normalized spacial score (nSPS) is 16.3. The van der Waals surface area contributed by atoms with Crippen LogP contribution in [0.1, 0.15) is 6.92 Å². The molecule has 0 unspecified atom stereocenters. The summed E-state index contributed by atoms with van der Waals surface area (Å²) in [5.74, 6) is -0.288. The predicted octanol–water partition coefficient (Wildman–Crippen LogP) is 0.253. The third kappa shape index (κ3) is 2.42. The van der Waals surface area contributed by atoms with Crippen molar-refractivity contribution in [3.8, 4) is 0 Å². The molecule has 0 atom stereocenters. The van der Waals surface area contributed by atoms with E-state index in [0.717, 1.165) is 0 Å². The van der Waals surface area contributed by atoms with Crippen LogP contribution in [0.4, 0.5) is 0 Å². The Balaban J connectivity index is 2.62. The number of hydrogen-bond donors (Lipinski definition) is 1. The summed E-state index contributed by atoms with van der Waals surface area (Å²) in [7, 11) is 1.82. The second-order valence-electron chi connectivity index (χ2n) is 2.70. The number of esters is 1. The molecule has 0 aromatic carbocycles. The molecular formula is C8H12N2O2S. The average Bonchev–Trinajstić information content (AvgIpc) is 2.10. The van der Waals surface area contributed by atoms with E-state index >= 15 is 0 Å². The standard InChI is InChI=1S/C8H12N2O2S/c1-3-12-7(11)6-4-9-8(13)10(2)5-6/h4H,3,5H2,1-2H3,(H,9,13). The highest BCUT2D eigenvalue weighted by atomic mass is 32.1. The van der Waals surface area contributed by atoms with Crippen molar-refractivity contribution in [3.63, 3.8) is 0 Å². The van der Waals surface area contributed by atoms with Crippen molar-refractivity contribution in [3.05, 3.63) is 11.8 Å². The molecule has 13 heavy (non-hydrogen) atoms. The van der Waals surface area contributed by atoms with Crippen LogP contribution in [0.15, 0.2) is 11.8 Å². The second-order valence-corrected chi connectivity index (χ2v) is 3.08. The van der Waals surface area contributed by atoms with Crippen molar-refractivity contribution in [1.29, 1.82) is 0 Å². The molecule has 1 N–H and O–H groups in total. The molecule has 0 amide bonds. The van der Waals surface area contributed by atoms with E-state index in [2.05, 4.69) is 5.32 Å². The molecule has 0 aromatic rings. The molecule has 0 aromatic heterocycles. The molecule has 5 heteroatoms. The van der Waals surface area contributed by atoms with Gasteiger partial charge in [0, 0.05) is 13.2 Å². The molecule has 0 bridgehead atoms. The predicted molar refractivity (Wildman–Crippen MR) is 53.1 cm³/mol. The average molecular weight is 200 g/mol. The highest BCUT2D eigenvalue weighted by molar-refractivity contribution is 7.80. The zero-order valence-electron chi connectivity index (χ0n) is 7.66. The minimum atomic E-state index is -0.288. The summed E-state index contributed by atoms with van der Waals surface area (Å²) in [6.45, 7) is 2.68. The van der Waals surface area contributed by atoms with E-state index in [1.165, 1.54) is 0 Å². The van der Waals surface area contributed by atoms with Crippen LogP contribution < -0.4 is 5.32 Å². The van der Waals surface area contributed by atoms with Crippen LogP contribution in [0.3, 0.4) is 0 Å². The van der Waals surface area contributed by atoms with Gasteiger partial charge in [0.05, 0.1) is 18.7 Å². The largest absolute Gasteiger partial charge is 0.463 e. The number of hydrogen-bond acceptors (Lipinski definition) is 3. The van der Waals surface area contributed by atoms with Gasteiger partial charge < -0.3 is 15.0 Å². The molecule has 1 aliphatic heterocycles. The van der Waals surface area contributed by atoms with Crippen LogP contribution in [0.2, 0.25) is 0 Å². The molecule has 0 radical (unpaired) electrons. The van der Waals surface area contributed by atoms with Crippen molar-refractivity contribution >= 4 is 23.3 Å². The molecule has 0 spiro atoms. The summed E-state index contributed by atoms with van der Waals surface area (Å²) in [5, 5.41) is 3.43. The Hall–Kier alpha value is -1.10.